The van der Waals surface area contributed by atoms with Gasteiger partial charge in [-0.3, -0.25) is 0 Å². The molecule has 0 bridgehead atoms. The lowest BCUT2D eigenvalue weighted by molar-refractivity contribution is 0.425. The molecule has 0 saturated carbocycles. The van der Waals surface area contributed by atoms with Crippen LogP contribution in [0.1, 0.15) is 26.7 Å². The molecule has 0 aromatic carbocycles. The number of nitrogens with two attached hydrogens (primary N) is 1. The van der Waals surface area contributed by atoms with Gasteiger partial charge in [0, 0.05) is 0 Å². The third kappa shape index (κ3) is 1.70. The molecule has 2 nitrogen and oxygen atoms in total. The smallest absolute Gasteiger partial charge is 0.138 e. The van der Waals surface area contributed by atoms with Crippen LogP contribution in [0.5, 0.6) is 0 Å². The first kappa shape index (κ1) is 8.91. The van der Waals surface area contributed by atoms with Crippen molar-refractivity contribution in [1.29, 1.82) is 0 Å². The predicted octanol–water partition coefficient (Wildman–Crippen LogP) is 2.40. The molecule has 1 aliphatic carbocycles. The molecule has 0 radical (unpaired) electrons. The molecule has 0 amide bonds. The summed E-state index contributed by atoms with van der Waals surface area (Å²) in [5, 5.41) is 9.47. The van der Waals surface area contributed by atoms with E-state index in [1.165, 1.54) is 0 Å². The molecule has 0 spiro atoms. The van der Waals surface area contributed by atoms with Crippen molar-refractivity contribution in [2.24, 2.45) is 5.73 Å². The summed E-state index contributed by atoms with van der Waals surface area (Å²) in [4.78, 5) is 0. The van der Waals surface area contributed by atoms with Crippen LogP contribution in [-0.2, 0) is 0 Å². The summed E-state index contributed by atoms with van der Waals surface area (Å²) in [5.41, 5.74) is 8.41. The van der Waals surface area contributed by atoms with Crippen molar-refractivity contribution >= 4 is 0 Å². The fourth-order valence-electron chi connectivity index (χ4n) is 1.26. The van der Waals surface area contributed by atoms with Crippen molar-refractivity contribution in [2.75, 3.05) is 0 Å². The molecule has 0 heterocycles. The second kappa shape index (κ2) is 3.48. The Kier molecular flexibility index (Phi) is 2.58. The Morgan fingerprint density at radius 1 is 1.58 bits per heavy atom. The number of aliphatic hydroxyl groups is 1. The van der Waals surface area contributed by atoms with Crippen molar-refractivity contribution < 1.29 is 5.11 Å². The highest BCUT2D eigenvalue weighted by atomic mass is 16.3. The summed E-state index contributed by atoms with van der Waals surface area (Å²) in [7, 11) is 0. The summed E-state index contributed by atoms with van der Waals surface area (Å²) >= 11 is 0. The first-order valence-corrected chi connectivity index (χ1v) is 4.20. The summed E-state index contributed by atoms with van der Waals surface area (Å²) in [6.45, 7) is 4.02. The summed E-state index contributed by atoms with van der Waals surface area (Å²) in [5.74, 6) is 0.207. The maximum Gasteiger partial charge on any atom is 0.138 e. The van der Waals surface area contributed by atoms with Crippen LogP contribution in [0.3, 0.4) is 0 Å². The fourth-order valence-corrected chi connectivity index (χ4v) is 1.26. The molecule has 1 aliphatic rings. The second-order valence-corrected chi connectivity index (χ2v) is 3.08. The van der Waals surface area contributed by atoms with E-state index in [9.17, 15) is 5.11 Å². The van der Waals surface area contributed by atoms with Gasteiger partial charge in [0.15, 0.2) is 0 Å². The highest BCUT2D eigenvalue weighted by molar-refractivity contribution is 5.39. The van der Waals surface area contributed by atoms with Gasteiger partial charge in [0.25, 0.3) is 0 Å². The van der Waals surface area contributed by atoms with Gasteiger partial charge >= 0.3 is 0 Å². The van der Waals surface area contributed by atoms with Gasteiger partial charge in [0.1, 0.15) is 5.76 Å². The zero-order chi connectivity index (χ0) is 9.14. The summed E-state index contributed by atoms with van der Waals surface area (Å²) < 4.78 is 0. The van der Waals surface area contributed by atoms with Crippen molar-refractivity contribution in [3.63, 3.8) is 0 Å². The Hall–Kier alpha value is -1.18. The minimum atomic E-state index is 0.207. The molecule has 2 heteroatoms. The molecule has 0 fully saturated rings. The van der Waals surface area contributed by atoms with E-state index in [1.807, 2.05) is 13.8 Å². The molecule has 3 N–H and O–H groups in total. The lowest BCUT2D eigenvalue weighted by Crippen LogP contribution is -2.03. The Labute approximate surface area is 73.1 Å². The van der Waals surface area contributed by atoms with Crippen LogP contribution < -0.4 is 5.73 Å². The maximum absolute atomic E-state index is 9.47. The Balaban J connectivity index is 3.05. The van der Waals surface area contributed by atoms with Crippen molar-refractivity contribution in [3.05, 3.63) is 34.8 Å². The van der Waals surface area contributed by atoms with E-state index in [0.29, 0.717) is 5.70 Å². The van der Waals surface area contributed by atoms with Gasteiger partial charge in [0.05, 0.1) is 5.70 Å². The summed E-state index contributed by atoms with van der Waals surface area (Å²) in [6.07, 6.45) is 5.56. The fraction of sp³-hybridized carbons (Fsp3) is 0.400. The van der Waals surface area contributed by atoms with E-state index >= 15 is 0 Å². The Morgan fingerprint density at radius 2 is 2.25 bits per heavy atom. The van der Waals surface area contributed by atoms with Crippen LogP contribution >= 0.6 is 0 Å². The number of allylic oxidation sites excluding steroid dienone is 4. The monoisotopic (exact) mass is 165 g/mol. The first-order valence-electron chi connectivity index (χ1n) is 4.20. The third-order valence-electron chi connectivity index (χ3n) is 2.06. The number of hydrogen-bond donors (Lipinski definition) is 2. The van der Waals surface area contributed by atoms with Crippen molar-refractivity contribution in [3.8, 4) is 0 Å². The predicted molar refractivity (Wildman–Crippen MR) is 50.6 cm³/mol. The topological polar surface area (TPSA) is 46.2 Å². The van der Waals surface area contributed by atoms with Gasteiger partial charge < -0.3 is 10.8 Å². The Bertz CT molecular complexity index is 272. The number of aliphatic hydroxyl groups excluding tert-OH is 1. The van der Waals surface area contributed by atoms with Gasteiger partial charge in [0.2, 0.25) is 0 Å². The standard InChI is InChI=1S/C10H15NO/c1-3-8-5-4-7(2)6-9(12)10(8)11/h5-6,12H,3-4,11H2,1-2H3. The number of rotatable bonds is 1. The van der Waals surface area contributed by atoms with Gasteiger partial charge in [-0.15, -0.1) is 0 Å². The van der Waals surface area contributed by atoms with E-state index < -0.39 is 0 Å². The van der Waals surface area contributed by atoms with E-state index in [4.69, 9.17) is 5.73 Å². The van der Waals surface area contributed by atoms with E-state index in [-0.39, 0.29) is 5.76 Å². The molecule has 0 aromatic heterocycles. The van der Waals surface area contributed by atoms with Gasteiger partial charge in [-0.2, -0.15) is 0 Å². The van der Waals surface area contributed by atoms with E-state index in [1.54, 1.807) is 6.08 Å². The van der Waals surface area contributed by atoms with Crippen LogP contribution in [0.2, 0.25) is 0 Å². The minimum Gasteiger partial charge on any atom is -0.506 e. The molecule has 0 aliphatic heterocycles. The van der Waals surface area contributed by atoms with Crippen LogP contribution in [0.25, 0.3) is 0 Å². The maximum atomic E-state index is 9.47. The van der Waals surface area contributed by atoms with Crippen LogP contribution in [0, 0.1) is 0 Å². The minimum absolute atomic E-state index is 0.207. The normalized spacial score (nSPS) is 18.5. The molecule has 0 atom stereocenters. The Morgan fingerprint density at radius 3 is 2.83 bits per heavy atom. The molecule has 66 valence electrons. The van der Waals surface area contributed by atoms with Gasteiger partial charge in [-0.25, -0.2) is 0 Å². The molecule has 12 heavy (non-hydrogen) atoms. The lowest BCUT2D eigenvalue weighted by atomic mass is 10.1. The summed E-state index contributed by atoms with van der Waals surface area (Å²) in [6, 6.07) is 0. The molecule has 0 unspecified atom stereocenters. The van der Waals surface area contributed by atoms with Crippen LogP contribution in [0.4, 0.5) is 0 Å². The third-order valence-corrected chi connectivity index (χ3v) is 2.06. The van der Waals surface area contributed by atoms with Crippen LogP contribution in [-0.4, -0.2) is 5.11 Å². The molecular formula is C10H15NO. The average Bonchev–Trinajstić information content (AvgIpc) is 2.14. The highest BCUT2D eigenvalue weighted by Crippen LogP contribution is 2.20. The highest BCUT2D eigenvalue weighted by Gasteiger charge is 2.07. The molecule has 0 saturated heterocycles. The molecule has 1 rings (SSSR count). The molecule has 0 aromatic rings. The first-order chi connectivity index (χ1) is 5.65. The van der Waals surface area contributed by atoms with E-state index in [0.717, 1.165) is 24.0 Å². The van der Waals surface area contributed by atoms with E-state index in [2.05, 4.69) is 6.08 Å². The number of hydrogen-bond acceptors (Lipinski definition) is 2. The second-order valence-electron chi connectivity index (χ2n) is 3.08. The zero-order valence-corrected chi connectivity index (χ0v) is 7.59. The zero-order valence-electron chi connectivity index (χ0n) is 7.59. The van der Waals surface area contributed by atoms with Crippen molar-refractivity contribution in [2.45, 2.75) is 26.7 Å². The SMILES string of the molecule is CCC1=CCC(C)=CC(O)=C1N. The largest absolute Gasteiger partial charge is 0.506 e. The van der Waals surface area contributed by atoms with Gasteiger partial charge in [-0.1, -0.05) is 18.6 Å². The van der Waals surface area contributed by atoms with Crippen LogP contribution in [0.15, 0.2) is 34.8 Å². The van der Waals surface area contributed by atoms with Crippen molar-refractivity contribution in [1.82, 2.24) is 0 Å². The molecular weight excluding hydrogens is 150 g/mol. The quantitative estimate of drug-likeness (QED) is 0.626. The lowest BCUT2D eigenvalue weighted by Gasteiger charge is -2.03. The van der Waals surface area contributed by atoms with Gasteiger partial charge in [-0.05, 0) is 31.4 Å². The average molecular weight is 165 g/mol.